The van der Waals surface area contributed by atoms with E-state index in [2.05, 4.69) is 11.0 Å². The summed E-state index contributed by atoms with van der Waals surface area (Å²) < 4.78 is 23.1. The number of rotatable bonds is 5. The molecule has 5 rings (SSSR count). The van der Waals surface area contributed by atoms with Crippen molar-refractivity contribution in [2.45, 2.75) is 75.2 Å². The fourth-order valence-electron chi connectivity index (χ4n) is 6.25. The van der Waals surface area contributed by atoms with Crippen molar-refractivity contribution < 1.29 is 34.0 Å². The zero-order valence-corrected chi connectivity index (χ0v) is 19.7. The minimum atomic E-state index is -1.84. The maximum absolute atomic E-state index is 13.2. The van der Waals surface area contributed by atoms with Crippen LogP contribution in [-0.2, 0) is 20.7 Å². The number of aliphatic hydroxyl groups is 2. The van der Waals surface area contributed by atoms with Crippen molar-refractivity contribution in [3.8, 4) is 11.5 Å². The highest BCUT2D eigenvalue weighted by Gasteiger charge is 2.58. The van der Waals surface area contributed by atoms with E-state index >= 15 is 0 Å². The Bertz CT molecular complexity index is 995. The monoisotopic (exact) mass is 459 g/mol. The molecule has 8 heteroatoms. The van der Waals surface area contributed by atoms with Gasteiger partial charge in [0.1, 0.15) is 5.76 Å². The Kier molecular flexibility index (Phi) is 5.19. The summed E-state index contributed by atoms with van der Waals surface area (Å²) in [6, 6.07) is 4.07. The summed E-state index contributed by atoms with van der Waals surface area (Å²) >= 11 is 0. The van der Waals surface area contributed by atoms with Crippen molar-refractivity contribution in [1.82, 2.24) is 4.90 Å². The largest absolute Gasteiger partial charge is 0.497 e. The first-order valence-corrected chi connectivity index (χ1v) is 11.6. The van der Waals surface area contributed by atoms with Crippen molar-refractivity contribution in [2.24, 2.45) is 0 Å². The summed E-state index contributed by atoms with van der Waals surface area (Å²) in [5.41, 5.74) is -1.20. The second kappa shape index (κ2) is 7.61. The molecular weight excluding hydrogens is 426 g/mol. The van der Waals surface area contributed by atoms with Gasteiger partial charge >= 0.3 is 5.97 Å². The lowest BCUT2D eigenvalue weighted by molar-refractivity contribution is -0.175. The van der Waals surface area contributed by atoms with Gasteiger partial charge in [-0.2, -0.15) is 0 Å². The standard InChI is InChI=1S/C25H33NO7/c1-23(2,28)13-24(3,29)22(27)33-21-19(30-4)12-25-7-5-8-26(25)9-6-15-10-17-18(32-14-31-17)11-16(15)20(21)25/h10-12,20-21,28-29H,5-9,13-14H2,1-4H3/t20-,21?,24+,25?/m1/s1. The molecule has 1 aromatic carbocycles. The maximum Gasteiger partial charge on any atom is 0.338 e. The lowest BCUT2D eigenvalue weighted by Gasteiger charge is -2.39. The van der Waals surface area contributed by atoms with Crippen molar-refractivity contribution in [2.75, 3.05) is 27.0 Å². The molecule has 3 aliphatic heterocycles. The number of fused-ring (bicyclic) bond motifs is 3. The number of methoxy groups -OCH3 is 1. The molecule has 3 heterocycles. The summed E-state index contributed by atoms with van der Waals surface area (Å²) in [6.45, 7) is 6.53. The predicted octanol–water partition coefficient (Wildman–Crippen LogP) is 2.26. The van der Waals surface area contributed by atoms with E-state index in [0.29, 0.717) is 11.5 Å². The summed E-state index contributed by atoms with van der Waals surface area (Å²) in [4.78, 5) is 15.6. The summed E-state index contributed by atoms with van der Waals surface area (Å²) in [6.07, 6.45) is 4.10. The van der Waals surface area contributed by atoms with E-state index in [1.165, 1.54) is 6.92 Å². The fraction of sp³-hybridized carbons (Fsp3) is 0.640. The highest BCUT2D eigenvalue weighted by atomic mass is 16.7. The van der Waals surface area contributed by atoms with Gasteiger partial charge in [0.15, 0.2) is 23.2 Å². The minimum absolute atomic E-state index is 0.144. The normalized spacial score (nSPS) is 29.9. The van der Waals surface area contributed by atoms with Crippen molar-refractivity contribution in [1.29, 1.82) is 0 Å². The SMILES string of the molecule is COC1=CC23CCCN2CCc2cc4c(cc2[C@@H]3C1OC(=O)[C@@](C)(O)CC(C)(C)O)OCO4. The van der Waals surface area contributed by atoms with Crippen molar-refractivity contribution >= 4 is 5.97 Å². The van der Waals surface area contributed by atoms with Crippen LogP contribution in [0.2, 0.25) is 0 Å². The number of hydrogen-bond donors (Lipinski definition) is 2. The van der Waals surface area contributed by atoms with E-state index in [0.717, 1.165) is 49.2 Å². The molecular formula is C25H33NO7. The van der Waals surface area contributed by atoms with Crippen LogP contribution >= 0.6 is 0 Å². The summed E-state index contributed by atoms with van der Waals surface area (Å²) in [5.74, 6) is 1.05. The average molecular weight is 460 g/mol. The van der Waals surface area contributed by atoms with Crippen LogP contribution in [0.25, 0.3) is 0 Å². The van der Waals surface area contributed by atoms with Crippen LogP contribution in [0.4, 0.5) is 0 Å². The number of benzene rings is 1. The zero-order chi connectivity index (χ0) is 23.6. The molecule has 4 atom stereocenters. The van der Waals surface area contributed by atoms with Gasteiger partial charge < -0.3 is 29.2 Å². The Morgan fingerprint density at radius 3 is 2.64 bits per heavy atom. The van der Waals surface area contributed by atoms with E-state index in [1.807, 2.05) is 12.1 Å². The molecule has 2 unspecified atom stereocenters. The van der Waals surface area contributed by atoms with Gasteiger partial charge in [-0.05, 0) is 75.9 Å². The molecule has 1 aromatic rings. The zero-order valence-electron chi connectivity index (χ0n) is 19.7. The van der Waals surface area contributed by atoms with Gasteiger partial charge in [-0.15, -0.1) is 0 Å². The molecule has 4 aliphatic rings. The van der Waals surface area contributed by atoms with Crippen LogP contribution in [0.3, 0.4) is 0 Å². The third-order valence-corrected chi connectivity index (χ3v) is 7.41. The molecule has 0 saturated carbocycles. The number of hydrogen-bond acceptors (Lipinski definition) is 8. The van der Waals surface area contributed by atoms with Gasteiger partial charge in [-0.1, -0.05) is 0 Å². The van der Waals surface area contributed by atoms with Crippen LogP contribution in [0.5, 0.6) is 11.5 Å². The molecule has 1 fully saturated rings. The van der Waals surface area contributed by atoms with E-state index in [1.54, 1.807) is 21.0 Å². The lowest BCUT2D eigenvalue weighted by Crippen LogP contribution is -2.49. The molecule has 0 amide bonds. The fourth-order valence-corrected chi connectivity index (χ4v) is 6.25. The van der Waals surface area contributed by atoms with E-state index in [-0.39, 0.29) is 24.7 Å². The molecule has 1 aliphatic carbocycles. The summed E-state index contributed by atoms with van der Waals surface area (Å²) in [7, 11) is 1.59. The first-order valence-electron chi connectivity index (χ1n) is 11.6. The van der Waals surface area contributed by atoms with Crippen molar-refractivity contribution in [3.63, 3.8) is 0 Å². The van der Waals surface area contributed by atoms with Gasteiger partial charge in [0, 0.05) is 13.0 Å². The molecule has 0 aromatic heterocycles. The van der Waals surface area contributed by atoms with Gasteiger partial charge in [-0.25, -0.2) is 4.79 Å². The molecule has 180 valence electrons. The van der Waals surface area contributed by atoms with Crippen LogP contribution in [0.15, 0.2) is 24.0 Å². The van der Waals surface area contributed by atoms with E-state index < -0.39 is 23.3 Å². The van der Waals surface area contributed by atoms with Gasteiger partial charge in [-0.3, -0.25) is 4.90 Å². The predicted molar refractivity (Wildman–Crippen MR) is 119 cm³/mol. The Morgan fingerprint density at radius 1 is 1.21 bits per heavy atom. The van der Waals surface area contributed by atoms with Gasteiger partial charge in [0.05, 0.1) is 24.2 Å². The Balaban J connectivity index is 1.57. The van der Waals surface area contributed by atoms with Crippen LogP contribution < -0.4 is 9.47 Å². The van der Waals surface area contributed by atoms with Crippen LogP contribution in [0, 0.1) is 0 Å². The molecule has 1 saturated heterocycles. The number of carbonyl (C=O) groups is 1. The first kappa shape index (κ1) is 22.5. The highest BCUT2D eigenvalue weighted by molar-refractivity contribution is 5.79. The highest BCUT2D eigenvalue weighted by Crippen LogP contribution is 2.55. The topological polar surface area (TPSA) is 97.7 Å². The maximum atomic E-state index is 13.2. The quantitative estimate of drug-likeness (QED) is 0.648. The average Bonchev–Trinajstić information content (AvgIpc) is 3.40. The minimum Gasteiger partial charge on any atom is -0.497 e. The van der Waals surface area contributed by atoms with Crippen molar-refractivity contribution in [3.05, 3.63) is 35.1 Å². The number of carbonyl (C=O) groups excluding carboxylic acids is 1. The molecule has 33 heavy (non-hydrogen) atoms. The van der Waals surface area contributed by atoms with E-state index in [9.17, 15) is 15.0 Å². The Hall–Kier alpha value is -2.29. The Labute approximate surface area is 194 Å². The molecule has 0 bridgehead atoms. The third kappa shape index (κ3) is 3.68. The van der Waals surface area contributed by atoms with Gasteiger partial charge in [0.25, 0.3) is 0 Å². The van der Waals surface area contributed by atoms with Crippen LogP contribution in [0.1, 0.15) is 57.1 Å². The molecule has 1 spiro atoms. The molecule has 8 nitrogen and oxygen atoms in total. The van der Waals surface area contributed by atoms with E-state index in [4.69, 9.17) is 18.9 Å². The second-order valence-electron chi connectivity index (χ2n) is 10.6. The first-order chi connectivity index (χ1) is 15.5. The summed E-state index contributed by atoms with van der Waals surface area (Å²) in [5, 5.41) is 21.0. The second-order valence-corrected chi connectivity index (χ2v) is 10.6. The smallest absolute Gasteiger partial charge is 0.338 e. The third-order valence-electron chi connectivity index (χ3n) is 7.41. The number of esters is 1. The lowest BCUT2D eigenvalue weighted by atomic mass is 9.77. The van der Waals surface area contributed by atoms with Crippen LogP contribution in [-0.4, -0.2) is 70.9 Å². The number of nitrogens with zero attached hydrogens (tertiary/aromatic N) is 1. The molecule has 0 radical (unpaired) electrons. The Morgan fingerprint density at radius 2 is 1.94 bits per heavy atom. The molecule has 2 N–H and O–H groups in total. The number of ether oxygens (including phenoxy) is 4. The van der Waals surface area contributed by atoms with Gasteiger partial charge in [0.2, 0.25) is 6.79 Å².